The molecule has 8 heteroatoms. The van der Waals surface area contributed by atoms with Crippen LogP contribution in [0.3, 0.4) is 0 Å². The lowest BCUT2D eigenvalue weighted by molar-refractivity contribution is 0.102. The molecule has 3 rings (SSSR count). The second-order valence-electron chi connectivity index (χ2n) is 4.97. The van der Waals surface area contributed by atoms with Crippen molar-refractivity contribution >= 4 is 50.7 Å². The number of hydrogen-bond donors (Lipinski definition) is 2. The lowest BCUT2D eigenvalue weighted by atomic mass is 9.99. The number of fused-ring (bicyclic) bond motifs is 1. The van der Waals surface area contributed by atoms with Gasteiger partial charge in [0.1, 0.15) is 5.82 Å². The summed E-state index contributed by atoms with van der Waals surface area (Å²) in [5.74, 6) is -0.830. The van der Waals surface area contributed by atoms with Crippen LogP contribution >= 0.6 is 39.7 Å². The highest BCUT2D eigenvalue weighted by molar-refractivity contribution is 9.10. The summed E-state index contributed by atoms with van der Waals surface area (Å²) in [5.41, 5.74) is 7.20. The molecule has 0 spiro atoms. The first-order valence-electron chi connectivity index (χ1n) is 6.53. The van der Waals surface area contributed by atoms with Crippen LogP contribution in [0.1, 0.15) is 27.3 Å². The number of carbonyl (C=O) groups is 1. The molecule has 118 valence electrons. The van der Waals surface area contributed by atoms with Crippen molar-refractivity contribution in [2.24, 2.45) is 5.73 Å². The van der Waals surface area contributed by atoms with Gasteiger partial charge in [-0.2, -0.15) is 0 Å². The van der Waals surface area contributed by atoms with Crippen LogP contribution in [0, 0.1) is 5.82 Å². The zero-order chi connectivity index (χ0) is 15.0. The van der Waals surface area contributed by atoms with Crippen LogP contribution in [0.2, 0.25) is 0 Å². The summed E-state index contributed by atoms with van der Waals surface area (Å²) >= 11 is 4.50. The van der Waals surface area contributed by atoms with E-state index in [4.69, 9.17) is 5.73 Å². The van der Waals surface area contributed by atoms with Gasteiger partial charge >= 0.3 is 0 Å². The molecule has 0 unspecified atom stereocenters. The van der Waals surface area contributed by atoms with Gasteiger partial charge in [-0.15, -0.1) is 23.7 Å². The first kappa shape index (κ1) is 17.3. The van der Waals surface area contributed by atoms with Gasteiger partial charge in [-0.25, -0.2) is 9.37 Å². The minimum Gasteiger partial charge on any atom is -0.327 e. The van der Waals surface area contributed by atoms with Crippen LogP contribution in [0.25, 0.3) is 0 Å². The largest absolute Gasteiger partial charge is 0.327 e. The Labute approximate surface area is 145 Å². The molecule has 1 amide bonds. The van der Waals surface area contributed by atoms with Gasteiger partial charge in [0, 0.05) is 16.5 Å². The Morgan fingerprint density at radius 1 is 1.50 bits per heavy atom. The van der Waals surface area contributed by atoms with Gasteiger partial charge in [-0.3, -0.25) is 10.1 Å². The van der Waals surface area contributed by atoms with Gasteiger partial charge < -0.3 is 5.73 Å². The van der Waals surface area contributed by atoms with Crippen molar-refractivity contribution in [1.29, 1.82) is 0 Å². The average Bonchev–Trinajstić information content (AvgIpc) is 2.83. The van der Waals surface area contributed by atoms with Crippen LogP contribution in [-0.2, 0) is 12.8 Å². The number of aromatic nitrogens is 1. The van der Waals surface area contributed by atoms with Gasteiger partial charge in [0.05, 0.1) is 10.2 Å². The monoisotopic (exact) mass is 405 g/mol. The predicted octanol–water partition coefficient (Wildman–Crippen LogP) is 3.53. The number of carbonyl (C=O) groups excluding carboxylic acids is 1. The van der Waals surface area contributed by atoms with Crippen molar-refractivity contribution < 1.29 is 9.18 Å². The van der Waals surface area contributed by atoms with Crippen molar-refractivity contribution in [1.82, 2.24) is 4.98 Å². The van der Waals surface area contributed by atoms with Gasteiger partial charge in [-0.05, 0) is 53.4 Å². The van der Waals surface area contributed by atoms with E-state index in [0.717, 1.165) is 29.8 Å². The minimum atomic E-state index is -0.466. The number of rotatable bonds is 2. The van der Waals surface area contributed by atoms with Crippen LogP contribution in [0.15, 0.2) is 22.7 Å². The van der Waals surface area contributed by atoms with E-state index in [1.165, 1.54) is 23.5 Å². The second kappa shape index (κ2) is 7.04. The van der Waals surface area contributed by atoms with Gasteiger partial charge in [-0.1, -0.05) is 0 Å². The molecule has 0 radical (unpaired) electrons. The van der Waals surface area contributed by atoms with E-state index in [1.54, 1.807) is 6.07 Å². The third kappa shape index (κ3) is 3.65. The van der Waals surface area contributed by atoms with Crippen LogP contribution < -0.4 is 11.1 Å². The summed E-state index contributed by atoms with van der Waals surface area (Å²) < 4.78 is 13.8. The van der Waals surface area contributed by atoms with Gasteiger partial charge in [0.2, 0.25) is 0 Å². The molecule has 0 saturated carbocycles. The molecule has 1 aliphatic rings. The molecule has 1 aromatic carbocycles. The lowest BCUT2D eigenvalue weighted by Crippen LogP contribution is -2.27. The third-order valence-electron chi connectivity index (χ3n) is 3.38. The Hall–Kier alpha value is -1.02. The van der Waals surface area contributed by atoms with Gasteiger partial charge in [0.15, 0.2) is 5.13 Å². The number of nitrogens with one attached hydrogen (secondary N) is 1. The number of halogens is 3. The Balaban J connectivity index is 0.00000176. The number of thiazole rings is 1. The number of amides is 1. The maximum Gasteiger partial charge on any atom is 0.257 e. The highest BCUT2D eigenvalue weighted by atomic mass is 79.9. The van der Waals surface area contributed by atoms with E-state index < -0.39 is 5.82 Å². The zero-order valence-electron chi connectivity index (χ0n) is 11.4. The molecule has 2 aromatic rings. The molecule has 0 fully saturated rings. The average molecular weight is 407 g/mol. The summed E-state index contributed by atoms with van der Waals surface area (Å²) in [6.45, 7) is 0. The molecule has 1 aromatic heterocycles. The maximum absolute atomic E-state index is 13.5. The summed E-state index contributed by atoms with van der Waals surface area (Å²) in [5, 5.41) is 3.27. The number of hydrogen-bond acceptors (Lipinski definition) is 4. The molecular formula is C14H14BrClFN3OS. The highest BCUT2D eigenvalue weighted by Gasteiger charge is 2.21. The number of benzene rings is 1. The van der Waals surface area contributed by atoms with Crippen molar-refractivity contribution in [2.75, 3.05) is 5.32 Å². The summed E-state index contributed by atoms with van der Waals surface area (Å²) in [6.07, 6.45) is 2.56. The van der Waals surface area contributed by atoms with Crippen LogP contribution in [0.4, 0.5) is 9.52 Å². The van der Waals surface area contributed by atoms with Crippen molar-refractivity contribution in [3.8, 4) is 0 Å². The SMILES string of the molecule is Cl.N[C@H]1CCc2nc(NC(=O)c3ccc(Br)c(F)c3)sc2C1. The molecule has 1 aliphatic carbocycles. The standard InChI is InChI=1S/C14H13BrFN3OS.ClH/c15-9-3-1-7(5-10(9)16)13(20)19-14-18-11-4-2-8(17)6-12(11)21-14;/h1,3,5,8H,2,4,6,17H2,(H,18,19,20);1H/t8-;/m0./s1. The smallest absolute Gasteiger partial charge is 0.257 e. The van der Waals surface area contributed by atoms with Crippen molar-refractivity contribution in [3.05, 3.63) is 44.6 Å². The fraction of sp³-hybridized carbons (Fsp3) is 0.286. The number of aryl methyl sites for hydroxylation is 1. The quantitative estimate of drug-likeness (QED) is 0.801. The number of nitrogens with zero attached hydrogens (tertiary/aromatic N) is 1. The first-order valence-corrected chi connectivity index (χ1v) is 8.14. The molecule has 22 heavy (non-hydrogen) atoms. The summed E-state index contributed by atoms with van der Waals surface area (Å²) in [6, 6.07) is 4.44. The van der Waals surface area contributed by atoms with E-state index in [2.05, 4.69) is 26.2 Å². The van der Waals surface area contributed by atoms with E-state index in [-0.39, 0.29) is 29.9 Å². The van der Waals surface area contributed by atoms with E-state index >= 15 is 0 Å². The van der Waals surface area contributed by atoms with Gasteiger partial charge in [0.25, 0.3) is 5.91 Å². The number of nitrogens with two attached hydrogens (primary N) is 1. The summed E-state index contributed by atoms with van der Waals surface area (Å²) in [7, 11) is 0. The zero-order valence-corrected chi connectivity index (χ0v) is 14.7. The van der Waals surface area contributed by atoms with E-state index in [1.807, 2.05) is 0 Å². The fourth-order valence-corrected chi connectivity index (χ4v) is 3.60. The second-order valence-corrected chi connectivity index (χ2v) is 6.91. The Bertz CT molecular complexity index is 709. The first-order chi connectivity index (χ1) is 10.0. The highest BCUT2D eigenvalue weighted by Crippen LogP contribution is 2.29. The van der Waals surface area contributed by atoms with E-state index in [9.17, 15) is 9.18 Å². The molecule has 0 aliphatic heterocycles. The topological polar surface area (TPSA) is 68.0 Å². The Morgan fingerprint density at radius 3 is 3.00 bits per heavy atom. The predicted molar refractivity (Wildman–Crippen MR) is 91.4 cm³/mol. The maximum atomic E-state index is 13.5. The molecule has 3 N–H and O–H groups in total. The lowest BCUT2D eigenvalue weighted by Gasteiger charge is -2.15. The number of anilines is 1. The molecule has 0 bridgehead atoms. The van der Waals surface area contributed by atoms with Crippen molar-refractivity contribution in [3.63, 3.8) is 0 Å². The summed E-state index contributed by atoms with van der Waals surface area (Å²) in [4.78, 5) is 17.7. The van der Waals surface area contributed by atoms with Crippen LogP contribution in [0.5, 0.6) is 0 Å². The Morgan fingerprint density at radius 2 is 2.27 bits per heavy atom. The van der Waals surface area contributed by atoms with Crippen LogP contribution in [-0.4, -0.2) is 16.9 Å². The minimum absolute atomic E-state index is 0. The fourth-order valence-electron chi connectivity index (χ4n) is 2.26. The van der Waals surface area contributed by atoms with Crippen molar-refractivity contribution in [2.45, 2.75) is 25.3 Å². The third-order valence-corrected chi connectivity index (χ3v) is 5.06. The molecule has 0 saturated heterocycles. The Kier molecular flexibility index (Phi) is 5.55. The van der Waals surface area contributed by atoms with E-state index in [0.29, 0.717) is 9.60 Å². The molecule has 1 heterocycles. The molecule has 4 nitrogen and oxygen atoms in total. The molecule has 1 atom stereocenters. The molecular weight excluding hydrogens is 393 g/mol. The normalized spacial score (nSPS) is 16.6.